The predicted molar refractivity (Wildman–Crippen MR) is 59.4 cm³/mol. The molecule has 2 atom stereocenters. The maximum atomic E-state index is 5.98. The lowest BCUT2D eigenvalue weighted by atomic mass is 10.00. The Balaban J connectivity index is 2.43. The van der Waals surface area contributed by atoms with Crippen LogP contribution in [0.1, 0.15) is 46.0 Å². The van der Waals surface area contributed by atoms with Gasteiger partial charge in [0.25, 0.3) is 0 Å². The fourth-order valence-electron chi connectivity index (χ4n) is 2.35. The lowest BCUT2D eigenvalue weighted by Crippen LogP contribution is -2.45. The Bertz CT molecular complexity index is 138. The van der Waals surface area contributed by atoms with Crippen LogP contribution in [0.2, 0.25) is 0 Å². The molecule has 1 saturated heterocycles. The monoisotopic (exact) mass is 203 g/mol. The van der Waals surface area contributed by atoms with Crippen molar-refractivity contribution in [3.63, 3.8) is 0 Å². The number of hydrogen-bond acceptors (Lipinski definition) is 1. The summed E-state index contributed by atoms with van der Waals surface area (Å²) in [4.78, 5) is 2.61. The second-order valence-corrected chi connectivity index (χ2v) is 4.49. The van der Waals surface area contributed by atoms with Crippen LogP contribution in [0.15, 0.2) is 0 Å². The summed E-state index contributed by atoms with van der Waals surface area (Å²) in [5.74, 6) is 0.814. The summed E-state index contributed by atoms with van der Waals surface area (Å²) in [7, 11) is 0. The third kappa shape index (κ3) is 3.14. The Morgan fingerprint density at radius 1 is 1.46 bits per heavy atom. The Morgan fingerprint density at radius 3 is 2.85 bits per heavy atom. The third-order valence-electron chi connectivity index (χ3n) is 3.12. The van der Waals surface area contributed by atoms with Crippen LogP contribution in [0.4, 0.5) is 0 Å². The van der Waals surface area contributed by atoms with Crippen LogP contribution in [0.25, 0.3) is 0 Å². The van der Waals surface area contributed by atoms with Crippen LogP contribution in [-0.4, -0.2) is 29.4 Å². The fraction of sp³-hybridized carbons (Fsp3) is 1.00. The molecule has 1 fully saturated rings. The van der Waals surface area contributed by atoms with E-state index in [9.17, 15) is 0 Å². The van der Waals surface area contributed by atoms with Crippen molar-refractivity contribution in [2.24, 2.45) is 0 Å². The van der Waals surface area contributed by atoms with Gasteiger partial charge >= 0.3 is 0 Å². The van der Waals surface area contributed by atoms with Crippen molar-refractivity contribution >= 4 is 11.6 Å². The smallest absolute Gasteiger partial charge is 0.0379 e. The molecule has 1 nitrogen and oxygen atoms in total. The van der Waals surface area contributed by atoms with Crippen molar-refractivity contribution in [2.45, 2.75) is 58.0 Å². The molecule has 0 bridgehead atoms. The van der Waals surface area contributed by atoms with Gasteiger partial charge in [-0.3, -0.25) is 4.90 Å². The molecule has 0 aromatic heterocycles. The Hall–Kier alpha value is 0.250. The van der Waals surface area contributed by atoms with Gasteiger partial charge in [-0.05, 0) is 32.7 Å². The lowest BCUT2D eigenvalue weighted by molar-refractivity contribution is 0.111. The molecule has 0 aromatic rings. The highest BCUT2D eigenvalue weighted by atomic mass is 35.5. The predicted octanol–water partition coefficient (Wildman–Crippen LogP) is 3.27. The molecule has 0 radical (unpaired) electrons. The first kappa shape index (κ1) is 11.3. The van der Waals surface area contributed by atoms with E-state index in [2.05, 4.69) is 18.7 Å². The molecule has 2 unspecified atom stereocenters. The highest BCUT2D eigenvalue weighted by molar-refractivity contribution is 6.18. The van der Waals surface area contributed by atoms with Crippen LogP contribution in [-0.2, 0) is 0 Å². The maximum absolute atomic E-state index is 5.98. The van der Waals surface area contributed by atoms with Crippen molar-refractivity contribution in [1.82, 2.24) is 4.90 Å². The van der Waals surface area contributed by atoms with Crippen molar-refractivity contribution < 1.29 is 0 Å². The lowest BCUT2D eigenvalue weighted by Gasteiger charge is -2.39. The summed E-state index contributed by atoms with van der Waals surface area (Å²) in [6.07, 6.45) is 6.63. The molecule has 0 amide bonds. The number of nitrogens with zero attached hydrogens (tertiary/aromatic N) is 1. The van der Waals surface area contributed by atoms with Crippen LogP contribution in [0.3, 0.4) is 0 Å². The van der Waals surface area contributed by atoms with Crippen molar-refractivity contribution in [2.75, 3.05) is 12.4 Å². The van der Waals surface area contributed by atoms with E-state index in [1.807, 2.05) is 0 Å². The largest absolute Gasteiger partial charge is 0.297 e. The van der Waals surface area contributed by atoms with E-state index >= 15 is 0 Å². The molecule has 0 spiro atoms. The molecule has 0 aromatic carbocycles. The van der Waals surface area contributed by atoms with Gasteiger partial charge in [-0.15, -0.1) is 11.6 Å². The second-order valence-electron chi connectivity index (χ2n) is 4.18. The van der Waals surface area contributed by atoms with E-state index in [0.717, 1.165) is 11.9 Å². The minimum Gasteiger partial charge on any atom is -0.297 e. The van der Waals surface area contributed by atoms with Crippen molar-refractivity contribution in [1.29, 1.82) is 0 Å². The number of rotatable bonds is 4. The number of hydrogen-bond donors (Lipinski definition) is 0. The third-order valence-corrected chi connectivity index (χ3v) is 3.48. The molecule has 1 rings (SSSR count). The molecule has 0 N–H and O–H groups in total. The first-order valence-corrected chi connectivity index (χ1v) is 6.14. The Morgan fingerprint density at radius 2 is 2.23 bits per heavy atom. The van der Waals surface area contributed by atoms with E-state index in [1.54, 1.807) is 0 Å². The van der Waals surface area contributed by atoms with Gasteiger partial charge in [-0.1, -0.05) is 19.8 Å². The highest BCUT2D eigenvalue weighted by Gasteiger charge is 2.24. The van der Waals surface area contributed by atoms with Gasteiger partial charge in [0.1, 0.15) is 0 Å². The van der Waals surface area contributed by atoms with Crippen LogP contribution in [0, 0.1) is 0 Å². The van der Waals surface area contributed by atoms with E-state index in [-0.39, 0.29) is 0 Å². The first-order valence-electron chi connectivity index (χ1n) is 5.61. The van der Waals surface area contributed by atoms with Gasteiger partial charge in [-0.2, -0.15) is 0 Å². The maximum Gasteiger partial charge on any atom is 0.0379 e. The fourth-order valence-corrected chi connectivity index (χ4v) is 2.68. The molecule has 1 aliphatic heterocycles. The molecule has 1 heterocycles. The summed E-state index contributed by atoms with van der Waals surface area (Å²) in [6.45, 7) is 5.86. The normalized spacial score (nSPS) is 27.5. The van der Waals surface area contributed by atoms with Crippen LogP contribution in [0.5, 0.6) is 0 Å². The van der Waals surface area contributed by atoms with Crippen molar-refractivity contribution in [3.8, 4) is 0 Å². The van der Waals surface area contributed by atoms with Gasteiger partial charge in [0.2, 0.25) is 0 Å². The Labute approximate surface area is 87.4 Å². The zero-order valence-corrected chi connectivity index (χ0v) is 9.69. The topological polar surface area (TPSA) is 3.24 Å². The number of alkyl halides is 1. The summed E-state index contributed by atoms with van der Waals surface area (Å²) < 4.78 is 0. The molecule has 2 heteroatoms. The van der Waals surface area contributed by atoms with Gasteiger partial charge in [0.15, 0.2) is 0 Å². The second kappa shape index (κ2) is 5.87. The van der Waals surface area contributed by atoms with Gasteiger partial charge in [-0.25, -0.2) is 0 Å². The minimum atomic E-state index is 0.650. The van der Waals surface area contributed by atoms with Gasteiger partial charge in [0, 0.05) is 18.0 Å². The van der Waals surface area contributed by atoms with E-state index in [1.165, 1.54) is 38.6 Å². The van der Waals surface area contributed by atoms with E-state index in [0.29, 0.717) is 6.04 Å². The van der Waals surface area contributed by atoms with Crippen LogP contribution < -0.4 is 0 Å². The number of likely N-dealkylation sites (tertiary alicyclic amines) is 1. The average Bonchev–Trinajstić information content (AvgIpc) is 2.18. The average molecular weight is 204 g/mol. The van der Waals surface area contributed by atoms with Crippen LogP contribution >= 0.6 is 11.6 Å². The number of piperidine rings is 1. The summed E-state index contributed by atoms with van der Waals surface area (Å²) in [5, 5.41) is 0. The first-order chi connectivity index (χ1) is 6.29. The molecule has 13 heavy (non-hydrogen) atoms. The molecule has 0 aliphatic carbocycles. The van der Waals surface area contributed by atoms with E-state index < -0.39 is 0 Å². The quantitative estimate of drug-likeness (QED) is 0.634. The zero-order chi connectivity index (χ0) is 9.68. The molecular formula is C11H22ClN. The van der Waals surface area contributed by atoms with Crippen molar-refractivity contribution in [3.05, 3.63) is 0 Å². The molecular weight excluding hydrogens is 182 g/mol. The SMILES string of the molecule is CCCC(C)N1CCCCC1CCl. The minimum absolute atomic E-state index is 0.650. The zero-order valence-electron chi connectivity index (χ0n) is 8.93. The summed E-state index contributed by atoms with van der Waals surface area (Å²) in [5.41, 5.74) is 0. The molecule has 78 valence electrons. The van der Waals surface area contributed by atoms with E-state index in [4.69, 9.17) is 11.6 Å². The number of halogens is 1. The Kier molecular flexibility index (Phi) is 5.12. The van der Waals surface area contributed by atoms with Gasteiger partial charge in [0.05, 0.1) is 0 Å². The standard InChI is InChI=1S/C11H22ClN/c1-3-6-10(2)13-8-5-4-7-11(13)9-12/h10-11H,3-9H2,1-2H3. The molecule has 0 saturated carbocycles. The molecule has 1 aliphatic rings. The summed E-state index contributed by atoms with van der Waals surface area (Å²) >= 11 is 5.98. The highest BCUT2D eigenvalue weighted by Crippen LogP contribution is 2.22. The summed E-state index contributed by atoms with van der Waals surface area (Å²) in [6, 6.07) is 1.38. The van der Waals surface area contributed by atoms with Gasteiger partial charge < -0.3 is 0 Å².